The van der Waals surface area contributed by atoms with Crippen LogP contribution in [0.5, 0.6) is 0 Å². The summed E-state index contributed by atoms with van der Waals surface area (Å²) in [5.74, 6) is -0.346. The molecule has 1 aromatic carbocycles. The summed E-state index contributed by atoms with van der Waals surface area (Å²) >= 11 is 18.0. The topological polar surface area (TPSA) is 17.1 Å². The minimum Gasteiger partial charge on any atom is -0.280 e. The van der Waals surface area contributed by atoms with Crippen molar-refractivity contribution in [3.8, 4) is 0 Å². The highest BCUT2D eigenvalue weighted by atomic mass is 35.5. The van der Waals surface area contributed by atoms with Gasteiger partial charge < -0.3 is 0 Å². The van der Waals surface area contributed by atoms with Gasteiger partial charge in [-0.1, -0.05) is 48.6 Å². The molecule has 0 amide bonds. The molecule has 100 valence electrons. The van der Waals surface area contributed by atoms with Crippen LogP contribution in [0.2, 0.25) is 0 Å². The number of alkyl halides is 2. The van der Waals surface area contributed by atoms with Gasteiger partial charge >= 0.3 is 0 Å². The molecule has 0 aliphatic heterocycles. The van der Waals surface area contributed by atoms with Gasteiger partial charge in [-0.3, -0.25) is 4.79 Å². The number of carbonyl (C=O) groups is 1. The van der Waals surface area contributed by atoms with E-state index in [0.29, 0.717) is 0 Å². The minimum absolute atomic E-state index is 0.346. The highest BCUT2D eigenvalue weighted by Gasteiger charge is 2.38. The van der Waals surface area contributed by atoms with E-state index in [2.05, 4.69) is 0 Å². The molecule has 2 rings (SSSR count). The van der Waals surface area contributed by atoms with Crippen molar-refractivity contribution in [1.29, 1.82) is 0 Å². The standard InChI is InChI=1S/C15H13Cl3O/c1-15(18)8-7-11(10-5-3-2-4-6-10)9-12(15)13(16)14(17)19/h2-9,12-13H,1H3. The van der Waals surface area contributed by atoms with Crippen molar-refractivity contribution >= 4 is 45.6 Å². The van der Waals surface area contributed by atoms with Gasteiger partial charge in [-0.2, -0.15) is 0 Å². The Balaban J connectivity index is 2.38. The van der Waals surface area contributed by atoms with Crippen molar-refractivity contribution in [2.75, 3.05) is 0 Å². The van der Waals surface area contributed by atoms with Crippen molar-refractivity contribution in [2.45, 2.75) is 17.2 Å². The van der Waals surface area contributed by atoms with E-state index >= 15 is 0 Å². The fourth-order valence-electron chi connectivity index (χ4n) is 2.11. The molecular formula is C15H13Cl3O. The Morgan fingerprint density at radius 1 is 1.32 bits per heavy atom. The van der Waals surface area contributed by atoms with E-state index in [-0.39, 0.29) is 5.92 Å². The smallest absolute Gasteiger partial charge is 0.240 e. The number of allylic oxidation sites excluding steroid dienone is 4. The van der Waals surface area contributed by atoms with Crippen molar-refractivity contribution in [3.63, 3.8) is 0 Å². The van der Waals surface area contributed by atoms with Crippen molar-refractivity contribution in [3.05, 3.63) is 54.1 Å². The van der Waals surface area contributed by atoms with Gasteiger partial charge in [0.1, 0.15) is 5.38 Å². The Kier molecular flexibility index (Phi) is 4.39. The first-order valence-electron chi connectivity index (χ1n) is 5.90. The number of benzene rings is 1. The number of hydrogen-bond acceptors (Lipinski definition) is 1. The van der Waals surface area contributed by atoms with E-state index < -0.39 is 15.5 Å². The predicted molar refractivity (Wildman–Crippen MR) is 81.8 cm³/mol. The van der Waals surface area contributed by atoms with Gasteiger partial charge in [0.05, 0.1) is 4.87 Å². The fourth-order valence-corrected chi connectivity index (χ4v) is 2.90. The molecule has 0 saturated carbocycles. The molecule has 0 N–H and O–H groups in total. The molecule has 1 aliphatic carbocycles. The summed E-state index contributed by atoms with van der Waals surface area (Å²) in [6.07, 6.45) is 5.72. The highest BCUT2D eigenvalue weighted by Crippen LogP contribution is 2.39. The molecule has 3 unspecified atom stereocenters. The summed E-state index contributed by atoms with van der Waals surface area (Å²) < 4.78 is 0. The first-order chi connectivity index (χ1) is 8.92. The van der Waals surface area contributed by atoms with Gasteiger partial charge in [-0.05, 0) is 29.7 Å². The average molecular weight is 316 g/mol. The molecule has 0 spiro atoms. The number of hydrogen-bond donors (Lipinski definition) is 0. The Hall–Kier alpha value is -0.760. The second kappa shape index (κ2) is 5.70. The Labute approximate surface area is 127 Å². The van der Waals surface area contributed by atoms with Gasteiger partial charge in [0.25, 0.3) is 0 Å². The molecule has 0 aromatic heterocycles. The van der Waals surface area contributed by atoms with Crippen LogP contribution >= 0.6 is 34.8 Å². The molecule has 0 radical (unpaired) electrons. The zero-order chi connectivity index (χ0) is 14.0. The van der Waals surface area contributed by atoms with Crippen LogP contribution in [-0.2, 0) is 4.79 Å². The van der Waals surface area contributed by atoms with Gasteiger partial charge in [0.2, 0.25) is 5.24 Å². The van der Waals surface area contributed by atoms with E-state index in [0.717, 1.165) is 11.1 Å². The molecule has 3 atom stereocenters. The predicted octanol–water partition coefficient (Wildman–Crippen LogP) is 4.63. The molecule has 4 heteroatoms. The summed E-state index contributed by atoms with van der Waals surface area (Å²) in [7, 11) is 0. The monoisotopic (exact) mass is 314 g/mol. The highest BCUT2D eigenvalue weighted by molar-refractivity contribution is 6.69. The largest absolute Gasteiger partial charge is 0.280 e. The second-order valence-electron chi connectivity index (χ2n) is 4.70. The summed E-state index contributed by atoms with van der Waals surface area (Å²) in [6, 6.07) is 9.86. The third-order valence-corrected chi connectivity index (χ3v) is 4.43. The Morgan fingerprint density at radius 2 is 1.95 bits per heavy atom. The van der Waals surface area contributed by atoms with Gasteiger partial charge in [0.15, 0.2) is 0 Å². The van der Waals surface area contributed by atoms with Crippen LogP contribution in [0.1, 0.15) is 12.5 Å². The average Bonchev–Trinajstić information content (AvgIpc) is 2.38. The molecule has 0 saturated heterocycles. The fraction of sp³-hybridized carbons (Fsp3) is 0.267. The lowest BCUT2D eigenvalue weighted by Crippen LogP contribution is -2.36. The van der Waals surface area contributed by atoms with Gasteiger partial charge in [-0.15, -0.1) is 23.2 Å². The summed E-state index contributed by atoms with van der Waals surface area (Å²) in [6.45, 7) is 1.82. The number of rotatable bonds is 3. The van der Waals surface area contributed by atoms with Gasteiger partial charge in [0, 0.05) is 5.92 Å². The van der Waals surface area contributed by atoms with E-state index in [9.17, 15) is 4.79 Å². The molecule has 0 bridgehead atoms. The first kappa shape index (κ1) is 14.6. The van der Waals surface area contributed by atoms with Crippen LogP contribution in [0.3, 0.4) is 0 Å². The van der Waals surface area contributed by atoms with Crippen LogP contribution in [0.15, 0.2) is 48.6 Å². The van der Waals surface area contributed by atoms with E-state index in [1.807, 2.05) is 55.5 Å². The lowest BCUT2D eigenvalue weighted by molar-refractivity contribution is -0.112. The molecule has 0 fully saturated rings. The summed E-state index contributed by atoms with van der Waals surface area (Å²) in [5, 5.41) is -1.43. The quantitative estimate of drug-likeness (QED) is 0.587. The molecule has 1 nitrogen and oxygen atoms in total. The molecule has 0 heterocycles. The second-order valence-corrected chi connectivity index (χ2v) is 6.36. The third kappa shape index (κ3) is 3.22. The van der Waals surface area contributed by atoms with Crippen molar-refractivity contribution < 1.29 is 4.79 Å². The summed E-state index contributed by atoms with van der Waals surface area (Å²) in [5.41, 5.74) is 2.05. The maximum atomic E-state index is 11.3. The summed E-state index contributed by atoms with van der Waals surface area (Å²) in [4.78, 5) is 10.6. The Bertz CT molecular complexity index is 532. The van der Waals surface area contributed by atoms with Crippen LogP contribution in [-0.4, -0.2) is 15.5 Å². The maximum Gasteiger partial charge on any atom is 0.240 e. The maximum absolute atomic E-state index is 11.3. The normalized spacial score (nSPS) is 27.8. The van der Waals surface area contributed by atoms with Crippen LogP contribution in [0, 0.1) is 5.92 Å². The number of carbonyl (C=O) groups excluding carboxylic acids is 1. The number of halogens is 3. The first-order valence-corrected chi connectivity index (χ1v) is 7.10. The van der Waals surface area contributed by atoms with Crippen molar-refractivity contribution in [2.24, 2.45) is 5.92 Å². The molecule has 19 heavy (non-hydrogen) atoms. The zero-order valence-electron chi connectivity index (χ0n) is 10.3. The van der Waals surface area contributed by atoms with Crippen LogP contribution < -0.4 is 0 Å². The zero-order valence-corrected chi connectivity index (χ0v) is 12.6. The lowest BCUT2D eigenvalue weighted by Gasteiger charge is -2.32. The minimum atomic E-state index is -0.840. The van der Waals surface area contributed by atoms with Crippen molar-refractivity contribution in [1.82, 2.24) is 0 Å². The van der Waals surface area contributed by atoms with Crippen LogP contribution in [0.25, 0.3) is 5.57 Å². The van der Waals surface area contributed by atoms with E-state index in [1.165, 1.54) is 0 Å². The van der Waals surface area contributed by atoms with Crippen LogP contribution in [0.4, 0.5) is 0 Å². The Morgan fingerprint density at radius 3 is 2.53 bits per heavy atom. The van der Waals surface area contributed by atoms with E-state index in [1.54, 1.807) is 0 Å². The third-order valence-electron chi connectivity index (χ3n) is 3.24. The molecule has 1 aromatic rings. The van der Waals surface area contributed by atoms with E-state index in [4.69, 9.17) is 34.8 Å². The molecular weight excluding hydrogens is 303 g/mol. The van der Waals surface area contributed by atoms with Gasteiger partial charge in [-0.25, -0.2) is 0 Å². The SMILES string of the molecule is CC1(Cl)C=CC(c2ccccc2)=CC1C(Cl)C(=O)Cl. The lowest BCUT2D eigenvalue weighted by atomic mass is 9.82. The molecule has 1 aliphatic rings.